The highest BCUT2D eigenvalue weighted by molar-refractivity contribution is 7.80. The molecule has 0 spiro atoms. The lowest BCUT2D eigenvalue weighted by atomic mass is 10.2. The summed E-state index contributed by atoms with van der Waals surface area (Å²) in [5, 5.41) is 5.91. The summed E-state index contributed by atoms with van der Waals surface area (Å²) < 4.78 is 0. The summed E-state index contributed by atoms with van der Waals surface area (Å²) in [6, 6.07) is 4.91. The second-order valence-corrected chi connectivity index (χ2v) is 3.89. The molecule has 0 unspecified atom stereocenters. The number of anilines is 1. The molecule has 0 saturated heterocycles. The zero-order valence-electron chi connectivity index (χ0n) is 8.71. The molecule has 0 fully saturated rings. The Morgan fingerprint density at radius 3 is 2.75 bits per heavy atom. The highest BCUT2D eigenvalue weighted by Gasteiger charge is 2.09. The normalized spacial score (nSPS) is 9.62. The highest BCUT2D eigenvalue weighted by atomic mass is 35.5. The Labute approximate surface area is 104 Å². The van der Waals surface area contributed by atoms with Crippen molar-refractivity contribution in [1.29, 1.82) is 0 Å². The summed E-state index contributed by atoms with van der Waals surface area (Å²) in [5.74, 6) is -0.200. The molecular formula is C10H12ClN3OS. The average Bonchev–Trinajstić information content (AvgIpc) is 2.16. The van der Waals surface area contributed by atoms with Crippen molar-refractivity contribution in [3.8, 4) is 0 Å². The monoisotopic (exact) mass is 257 g/mol. The zero-order valence-corrected chi connectivity index (χ0v) is 10.3. The SMILES string of the molecule is CCNC(=O)c1ccc(NC(N)=S)cc1Cl. The molecule has 1 aromatic rings. The number of rotatable bonds is 3. The molecule has 1 aromatic carbocycles. The fraction of sp³-hybridized carbons (Fsp3) is 0.200. The van der Waals surface area contributed by atoms with Crippen LogP contribution in [0.5, 0.6) is 0 Å². The van der Waals surface area contributed by atoms with Crippen molar-refractivity contribution >= 4 is 40.5 Å². The molecular weight excluding hydrogens is 246 g/mol. The van der Waals surface area contributed by atoms with E-state index in [9.17, 15) is 4.79 Å². The number of nitrogens with one attached hydrogen (secondary N) is 2. The summed E-state index contributed by atoms with van der Waals surface area (Å²) >= 11 is 10.6. The van der Waals surface area contributed by atoms with Crippen molar-refractivity contribution in [1.82, 2.24) is 5.32 Å². The number of halogens is 1. The van der Waals surface area contributed by atoms with E-state index >= 15 is 0 Å². The molecule has 0 radical (unpaired) electrons. The Morgan fingerprint density at radius 2 is 2.25 bits per heavy atom. The molecule has 1 rings (SSSR count). The van der Waals surface area contributed by atoms with Gasteiger partial charge in [0.1, 0.15) is 0 Å². The number of thiocarbonyl (C=S) groups is 1. The first kappa shape index (κ1) is 12.7. The second-order valence-electron chi connectivity index (χ2n) is 3.04. The van der Waals surface area contributed by atoms with Gasteiger partial charge < -0.3 is 16.4 Å². The maximum atomic E-state index is 11.5. The van der Waals surface area contributed by atoms with Crippen LogP contribution in [0.15, 0.2) is 18.2 Å². The van der Waals surface area contributed by atoms with E-state index in [0.717, 1.165) is 0 Å². The Kier molecular flexibility index (Phi) is 4.52. The molecule has 1 amide bonds. The molecule has 0 aromatic heterocycles. The first-order chi connectivity index (χ1) is 7.54. The van der Waals surface area contributed by atoms with Gasteiger partial charge in [-0.05, 0) is 37.3 Å². The van der Waals surface area contributed by atoms with E-state index in [2.05, 4.69) is 10.6 Å². The standard InChI is InChI=1S/C10H12ClN3OS/c1-2-13-9(15)7-4-3-6(5-8(7)11)14-10(12)16/h3-5H,2H2,1H3,(H,13,15)(H3,12,14,16). The molecule has 6 heteroatoms. The van der Waals surface area contributed by atoms with E-state index < -0.39 is 0 Å². The van der Waals surface area contributed by atoms with E-state index in [1.54, 1.807) is 18.2 Å². The van der Waals surface area contributed by atoms with Crippen LogP contribution in [0.3, 0.4) is 0 Å². The van der Waals surface area contributed by atoms with Gasteiger partial charge >= 0.3 is 0 Å². The van der Waals surface area contributed by atoms with Crippen LogP contribution in [0.1, 0.15) is 17.3 Å². The van der Waals surface area contributed by atoms with E-state index in [4.69, 9.17) is 29.6 Å². The molecule has 16 heavy (non-hydrogen) atoms. The predicted molar refractivity (Wildman–Crippen MR) is 69.9 cm³/mol. The molecule has 0 aliphatic rings. The number of hydrogen-bond donors (Lipinski definition) is 3. The van der Waals surface area contributed by atoms with Gasteiger partial charge in [0.05, 0.1) is 10.6 Å². The highest BCUT2D eigenvalue weighted by Crippen LogP contribution is 2.20. The summed E-state index contributed by atoms with van der Waals surface area (Å²) in [4.78, 5) is 11.5. The number of nitrogens with two attached hydrogens (primary N) is 1. The van der Waals surface area contributed by atoms with Crippen molar-refractivity contribution in [3.63, 3.8) is 0 Å². The van der Waals surface area contributed by atoms with Crippen molar-refractivity contribution < 1.29 is 4.79 Å². The lowest BCUT2D eigenvalue weighted by molar-refractivity contribution is 0.0956. The minimum atomic E-state index is -0.200. The fourth-order valence-corrected chi connectivity index (χ4v) is 1.56. The van der Waals surface area contributed by atoms with E-state index in [1.165, 1.54) is 0 Å². The van der Waals surface area contributed by atoms with Gasteiger partial charge in [0.2, 0.25) is 0 Å². The third-order valence-corrected chi connectivity index (χ3v) is 2.23. The molecule has 0 aliphatic carbocycles. The van der Waals surface area contributed by atoms with Gasteiger partial charge in [-0.3, -0.25) is 4.79 Å². The molecule has 0 saturated carbocycles. The lowest BCUT2D eigenvalue weighted by Crippen LogP contribution is -2.23. The first-order valence-electron chi connectivity index (χ1n) is 4.68. The molecule has 86 valence electrons. The van der Waals surface area contributed by atoms with Crippen LogP contribution in [-0.2, 0) is 0 Å². The van der Waals surface area contributed by atoms with E-state index in [1.807, 2.05) is 6.92 Å². The fourth-order valence-electron chi connectivity index (χ4n) is 1.18. The molecule has 4 nitrogen and oxygen atoms in total. The maximum absolute atomic E-state index is 11.5. The van der Waals surface area contributed by atoms with Gasteiger partial charge in [-0.15, -0.1) is 0 Å². The minimum Gasteiger partial charge on any atom is -0.376 e. The number of carbonyl (C=O) groups is 1. The first-order valence-corrected chi connectivity index (χ1v) is 5.47. The summed E-state index contributed by atoms with van der Waals surface area (Å²) in [6.45, 7) is 2.40. The van der Waals surface area contributed by atoms with Crippen LogP contribution < -0.4 is 16.4 Å². The summed E-state index contributed by atoms with van der Waals surface area (Å²) in [6.07, 6.45) is 0. The molecule has 0 aliphatic heterocycles. The van der Waals surface area contributed by atoms with Crippen LogP contribution in [-0.4, -0.2) is 17.6 Å². The number of hydrogen-bond acceptors (Lipinski definition) is 2. The van der Waals surface area contributed by atoms with Crippen LogP contribution in [0.2, 0.25) is 5.02 Å². The maximum Gasteiger partial charge on any atom is 0.252 e. The number of benzene rings is 1. The van der Waals surface area contributed by atoms with Crippen molar-refractivity contribution in [2.24, 2.45) is 5.73 Å². The largest absolute Gasteiger partial charge is 0.376 e. The van der Waals surface area contributed by atoms with Gasteiger partial charge in [-0.25, -0.2) is 0 Å². The summed E-state index contributed by atoms with van der Waals surface area (Å²) in [7, 11) is 0. The van der Waals surface area contributed by atoms with Gasteiger partial charge in [0, 0.05) is 12.2 Å². The number of carbonyl (C=O) groups excluding carboxylic acids is 1. The van der Waals surface area contributed by atoms with Crippen LogP contribution in [0, 0.1) is 0 Å². The van der Waals surface area contributed by atoms with Gasteiger partial charge in [0.25, 0.3) is 5.91 Å². The van der Waals surface area contributed by atoms with E-state index in [0.29, 0.717) is 22.8 Å². The van der Waals surface area contributed by atoms with Crippen LogP contribution >= 0.6 is 23.8 Å². The Hall–Kier alpha value is -1.33. The van der Waals surface area contributed by atoms with Crippen molar-refractivity contribution in [2.75, 3.05) is 11.9 Å². The molecule has 4 N–H and O–H groups in total. The average molecular weight is 258 g/mol. The van der Waals surface area contributed by atoms with Crippen LogP contribution in [0.25, 0.3) is 0 Å². The third-order valence-electron chi connectivity index (χ3n) is 1.82. The van der Waals surface area contributed by atoms with Crippen molar-refractivity contribution in [3.05, 3.63) is 28.8 Å². The Morgan fingerprint density at radius 1 is 1.56 bits per heavy atom. The minimum absolute atomic E-state index is 0.154. The quantitative estimate of drug-likeness (QED) is 0.722. The lowest BCUT2D eigenvalue weighted by Gasteiger charge is -2.08. The van der Waals surface area contributed by atoms with Gasteiger partial charge in [-0.1, -0.05) is 11.6 Å². The third kappa shape index (κ3) is 3.36. The topological polar surface area (TPSA) is 67.2 Å². The van der Waals surface area contributed by atoms with Crippen molar-refractivity contribution in [2.45, 2.75) is 6.92 Å². The molecule has 0 heterocycles. The Bertz CT molecular complexity index is 423. The smallest absolute Gasteiger partial charge is 0.252 e. The summed E-state index contributed by atoms with van der Waals surface area (Å²) in [5.41, 5.74) is 6.40. The van der Waals surface area contributed by atoms with Gasteiger partial charge in [0.15, 0.2) is 5.11 Å². The zero-order chi connectivity index (χ0) is 12.1. The number of amides is 1. The molecule has 0 atom stereocenters. The van der Waals surface area contributed by atoms with E-state index in [-0.39, 0.29) is 11.0 Å². The second kappa shape index (κ2) is 5.67. The van der Waals surface area contributed by atoms with Crippen LogP contribution in [0.4, 0.5) is 5.69 Å². The Balaban J connectivity index is 2.91. The van der Waals surface area contributed by atoms with Gasteiger partial charge in [-0.2, -0.15) is 0 Å². The molecule has 0 bridgehead atoms. The predicted octanol–water partition coefficient (Wildman–Crippen LogP) is 1.75.